The van der Waals surface area contributed by atoms with Crippen molar-refractivity contribution in [2.45, 2.75) is 13.8 Å². The van der Waals surface area contributed by atoms with Crippen molar-refractivity contribution in [2.24, 2.45) is 10.9 Å². The molecule has 7 heteroatoms. The molecule has 0 radical (unpaired) electrons. The number of hydrogen-bond acceptors (Lipinski definition) is 5. The van der Waals surface area contributed by atoms with Crippen LogP contribution in [0, 0.1) is 13.8 Å². The minimum Gasteiger partial charge on any atom is -0.409 e. The lowest BCUT2D eigenvalue weighted by atomic mass is 10.1. The second kappa shape index (κ2) is 4.86. The second-order valence-corrected chi connectivity index (χ2v) is 4.70. The van der Waals surface area contributed by atoms with Gasteiger partial charge in [0.2, 0.25) is 0 Å². The quantitative estimate of drug-likeness (QED) is 0.321. The molecule has 0 fully saturated rings. The van der Waals surface area contributed by atoms with Gasteiger partial charge in [-0.25, -0.2) is 4.98 Å². The number of nitrogens with two attached hydrogens (primary N) is 1. The lowest BCUT2D eigenvalue weighted by Gasteiger charge is -2.12. The van der Waals surface area contributed by atoms with E-state index >= 15 is 0 Å². The van der Waals surface area contributed by atoms with E-state index in [0.29, 0.717) is 11.4 Å². The monoisotopic (exact) mass is 282 g/mol. The summed E-state index contributed by atoms with van der Waals surface area (Å²) in [6.45, 7) is 3.69. The number of aromatic nitrogens is 4. The van der Waals surface area contributed by atoms with Crippen LogP contribution in [0.2, 0.25) is 0 Å². The Balaban J connectivity index is 2.35. The van der Waals surface area contributed by atoms with Gasteiger partial charge in [-0.3, -0.25) is 4.57 Å². The van der Waals surface area contributed by atoms with Crippen LogP contribution >= 0.6 is 0 Å². The summed E-state index contributed by atoms with van der Waals surface area (Å²) in [7, 11) is 0. The van der Waals surface area contributed by atoms with Crippen molar-refractivity contribution in [3.63, 3.8) is 0 Å². The highest BCUT2D eigenvalue weighted by molar-refractivity contribution is 6.01. The van der Waals surface area contributed by atoms with E-state index in [1.807, 2.05) is 38.1 Å². The molecule has 0 saturated heterocycles. The van der Waals surface area contributed by atoms with E-state index < -0.39 is 0 Å². The molecule has 0 bridgehead atoms. The first-order valence-corrected chi connectivity index (χ1v) is 6.37. The molecule has 106 valence electrons. The molecule has 2 heterocycles. The molecule has 3 rings (SSSR count). The number of imidazole rings is 1. The van der Waals surface area contributed by atoms with Crippen LogP contribution in [-0.4, -0.2) is 30.8 Å². The molecule has 0 unspecified atom stereocenters. The zero-order chi connectivity index (χ0) is 15.0. The molecule has 7 nitrogen and oxygen atoms in total. The summed E-state index contributed by atoms with van der Waals surface area (Å²) in [4.78, 5) is 4.33. The van der Waals surface area contributed by atoms with Gasteiger partial charge in [0.1, 0.15) is 6.33 Å². The lowest BCUT2D eigenvalue weighted by Crippen LogP contribution is -2.20. The first kappa shape index (κ1) is 13.0. The van der Waals surface area contributed by atoms with Gasteiger partial charge < -0.3 is 10.9 Å². The van der Waals surface area contributed by atoms with Crippen molar-refractivity contribution in [1.29, 1.82) is 0 Å². The average molecular weight is 282 g/mol. The van der Waals surface area contributed by atoms with Gasteiger partial charge in [-0.2, -0.15) is 5.10 Å². The summed E-state index contributed by atoms with van der Waals surface area (Å²) in [5.41, 5.74) is 9.62. The molecular formula is C14H14N6O. The Bertz CT molecular complexity index is 852. The van der Waals surface area contributed by atoms with Gasteiger partial charge in [-0.1, -0.05) is 17.3 Å². The minimum atomic E-state index is -0.00159. The molecule has 0 aliphatic heterocycles. The first-order valence-electron chi connectivity index (χ1n) is 6.37. The largest absolute Gasteiger partial charge is 0.409 e. The predicted octanol–water partition coefficient (Wildman–Crippen LogP) is 1.53. The third kappa shape index (κ3) is 1.99. The van der Waals surface area contributed by atoms with Crippen LogP contribution < -0.4 is 5.73 Å². The summed E-state index contributed by atoms with van der Waals surface area (Å²) in [5.74, 6) is 0.486. The van der Waals surface area contributed by atoms with Crippen LogP contribution in [0.15, 0.2) is 35.7 Å². The number of aryl methyl sites for hydroxylation is 1. The number of benzene rings is 1. The van der Waals surface area contributed by atoms with Gasteiger partial charge in [0.15, 0.2) is 11.7 Å². The van der Waals surface area contributed by atoms with Gasteiger partial charge in [0.25, 0.3) is 0 Å². The van der Waals surface area contributed by atoms with E-state index in [1.165, 1.54) is 0 Å². The highest BCUT2D eigenvalue weighted by Gasteiger charge is 2.18. The summed E-state index contributed by atoms with van der Waals surface area (Å²) in [6.07, 6.45) is 1.65. The lowest BCUT2D eigenvalue weighted by molar-refractivity contribution is 0.318. The molecule has 0 saturated carbocycles. The molecule has 0 amide bonds. The fraction of sp³-hybridized carbons (Fsp3) is 0.143. The number of para-hydroxylation sites is 2. The minimum absolute atomic E-state index is 0.00159. The Kier molecular flexibility index (Phi) is 3.02. The zero-order valence-corrected chi connectivity index (χ0v) is 11.6. The van der Waals surface area contributed by atoms with Crippen molar-refractivity contribution in [1.82, 2.24) is 19.7 Å². The van der Waals surface area contributed by atoms with E-state index in [4.69, 9.17) is 10.9 Å². The molecule has 0 aliphatic rings. The van der Waals surface area contributed by atoms with Crippen LogP contribution in [0.5, 0.6) is 0 Å². The van der Waals surface area contributed by atoms with Gasteiger partial charge in [0.05, 0.1) is 22.3 Å². The summed E-state index contributed by atoms with van der Waals surface area (Å²) < 4.78 is 1.78. The fourth-order valence-corrected chi connectivity index (χ4v) is 2.25. The topological polar surface area (TPSA) is 102 Å². The van der Waals surface area contributed by atoms with Crippen molar-refractivity contribution in [3.05, 3.63) is 47.4 Å². The maximum absolute atomic E-state index is 9.03. The molecule has 0 spiro atoms. The van der Waals surface area contributed by atoms with E-state index in [0.717, 1.165) is 22.3 Å². The smallest absolute Gasteiger partial charge is 0.174 e. The van der Waals surface area contributed by atoms with Gasteiger partial charge in [-0.05, 0) is 31.5 Å². The molecule has 0 aliphatic carbocycles. The number of amidine groups is 1. The van der Waals surface area contributed by atoms with E-state index in [2.05, 4.69) is 20.3 Å². The summed E-state index contributed by atoms with van der Waals surface area (Å²) in [5, 5.41) is 20.5. The number of nitrogens with zero attached hydrogens (tertiary/aromatic N) is 5. The molecule has 3 N–H and O–H groups in total. The number of hydrogen-bond donors (Lipinski definition) is 2. The highest BCUT2D eigenvalue weighted by Crippen LogP contribution is 2.22. The van der Waals surface area contributed by atoms with Crippen LogP contribution in [0.3, 0.4) is 0 Å². The van der Waals surface area contributed by atoms with E-state index in [9.17, 15) is 0 Å². The maximum atomic E-state index is 9.03. The van der Waals surface area contributed by atoms with E-state index in [-0.39, 0.29) is 5.84 Å². The number of fused-ring (bicyclic) bond motifs is 1. The average Bonchev–Trinajstić information content (AvgIpc) is 2.93. The molecule has 3 aromatic rings. The maximum Gasteiger partial charge on any atom is 0.174 e. The predicted molar refractivity (Wildman–Crippen MR) is 78.6 cm³/mol. The van der Waals surface area contributed by atoms with Crippen molar-refractivity contribution in [2.75, 3.05) is 0 Å². The zero-order valence-electron chi connectivity index (χ0n) is 11.6. The molecule has 0 atom stereocenters. The molecular weight excluding hydrogens is 268 g/mol. The number of rotatable bonds is 2. The van der Waals surface area contributed by atoms with Crippen LogP contribution in [0.1, 0.15) is 16.8 Å². The Hall–Kier alpha value is -2.96. The Morgan fingerprint density at radius 3 is 2.76 bits per heavy atom. The third-order valence-corrected chi connectivity index (χ3v) is 3.48. The fourth-order valence-electron chi connectivity index (χ4n) is 2.25. The Morgan fingerprint density at radius 2 is 2.00 bits per heavy atom. The molecule has 2 aromatic heterocycles. The van der Waals surface area contributed by atoms with Gasteiger partial charge in [-0.15, -0.1) is 5.10 Å². The van der Waals surface area contributed by atoms with Crippen molar-refractivity contribution in [3.8, 4) is 5.82 Å². The number of oxime groups is 1. The van der Waals surface area contributed by atoms with E-state index in [1.54, 1.807) is 10.9 Å². The molecule has 1 aromatic carbocycles. The van der Waals surface area contributed by atoms with Crippen LogP contribution in [0.25, 0.3) is 16.9 Å². The van der Waals surface area contributed by atoms with Crippen LogP contribution in [0.4, 0.5) is 0 Å². The van der Waals surface area contributed by atoms with Gasteiger partial charge in [0, 0.05) is 0 Å². The molecule has 21 heavy (non-hydrogen) atoms. The van der Waals surface area contributed by atoms with Gasteiger partial charge >= 0.3 is 0 Å². The second-order valence-electron chi connectivity index (χ2n) is 4.70. The highest BCUT2D eigenvalue weighted by atomic mass is 16.4. The summed E-state index contributed by atoms with van der Waals surface area (Å²) >= 11 is 0. The normalized spacial score (nSPS) is 12.0. The Labute approximate surface area is 120 Å². The van der Waals surface area contributed by atoms with Crippen molar-refractivity contribution >= 4 is 16.9 Å². The Morgan fingerprint density at radius 1 is 1.24 bits per heavy atom. The SMILES string of the molecule is Cc1nnc(-n2cnc3ccccc32)c(/C(N)=N/O)c1C. The summed E-state index contributed by atoms with van der Waals surface area (Å²) in [6, 6.07) is 7.66. The first-order chi connectivity index (χ1) is 10.1. The van der Waals surface area contributed by atoms with Crippen LogP contribution in [-0.2, 0) is 0 Å². The third-order valence-electron chi connectivity index (χ3n) is 3.48. The van der Waals surface area contributed by atoms with Crippen molar-refractivity contribution < 1.29 is 5.21 Å². The standard InChI is InChI=1S/C14H14N6O/c1-8-9(2)17-18-14(12(8)13(15)19-21)20-7-16-10-5-3-4-6-11(10)20/h3-7,21H,1-2H3,(H2,15,19).